The third kappa shape index (κ3) is 5.07. The van der Waals surface area contributed by atoms with Crippen LogP contribution >= 0.6 is 0 Å². The Balaban J connectivity index is 1.46. The van der Waals surface area contributed by atoms with Crippen molar-refractivity contribution in [3.05, 3.63) is 65.5 Å². The van der Waals surface area contributed by atoms with Crippen LogP contribution in [0.3, 0.4) is 0 Å². The van der Waals surface area contributed by atoms with Crippen LogP contribution in [0.2, 0.25) is 0 Å². The van der Waals surface area contributed by atoms with Crippen LogP contribution in [-0.4, -0.2) is 61.4 Å². The molecule has 148 valence electrons. The number of nitrogens with one attached hydrogen (secondary N) is 1. The maximum atomic E-state index is 13.5. The molecule has 3 rings (SSSR count). The van der Waals surface area contributed by atoms with Gasteiger partial charge < -0.3 is 15.0 Å². The summed E-state index contributed by atoms with van der Waals surface area (Å²) in [6, 6.07) is 13.3. The molecular weight excluding hydrogens is 361 g/mol. The summed E-state index contributed by atoms with van der Waals surface area (Å²) in [6.07, 6.45) is 0. The Labute approximate surface area is 163 Å². The Bertz CT molecular complexity index is 821. The third-order valence-corrected chi connectivity index (χ3v) is 4.80. The van der Waals surface area contributed by atoms with Crippen molar-refractivity contribution in [2.45, 2.75) is 6.54 Å². The molecule has 28 heavy (non-hydrogen) atoms. The second-order valence-electron chi connectivity index (χ2n) is 6.66. The molecule has 7 heteroatoms. The Morgan fingerprint density at radius 3 is 2.46 bits per heavy atom. The molecule has 2 aromatic rings. The molecule has 2 amide bonds. The van der Waals surface area contributed by atoms with Gasteiger partial charge in [0.2, 0.25) is 5.91 Å². The molecule has 1 fully saturated rings. The lowest BCUT2D eigenvalue weighted by molar-refractivity contribution is -0.131. The van der Waals surface area contributed by atoms with Crippen LogP contribution in [0.25, 0.3) is 0 Å². The first-order valence-corrected chi connectivity index (χ1v) is 9.22. The van der Waals surface area contributed by atoms with E-state index >= 15 is 0 Å². The van der Waals surface area contributed by atoms with Gasteiger partial charge in [0.1, 0.15) is 11.6 Å². The van der Waals surface area contributed by atoms with Crippen LogP contribution in [0.1, 0.15) is 15.9 Å². The minimum atomic E-state index is -0.293. The summed E-state index contributed by atoms with van der Waals surface area (Å²) in [4.78, 5) is 28.3. The molecule has 1 aliphatic heterocycles. The van der Waals surface area contributed by atoms with Crippen molar-refractivity contribution in [2.24, 2.45) is 0 Å². The minimum Gasteiger partial charge on any atom is -0.496 e. The number of carbonyl (C=O) groups excluding carboxylic acids is 2. The molecule has 1 saturated heterocycles. The van der Waals surface area contributed by atoms with Crippen molar-refractivity contribution >= 4 is 11.8 Å². The first-order chi connectivity index (χ1) is 13.6. The van der Waals surface area contributed by atoms with Gasteiger partial charge in [0.15, 0.2) is 0 Å². The highest BCUT2D eigenvalue weighted by atomic mass is 19.1. The largest absolute Gasteiger partial charge is 0.496 e. The fourth-order valence-corrected chi connectivity index (χ4v) is 3.23. The van der Waals surface area contributed by atoms with E-state index in [-0.39, 0.29) is 24.2 Å². The fraction of sp³-hybridized carbons (Fsp3) is 0.333. The number of carbonyl (C=O) groups is 2. The monoisotopic (exact) mass is 385 g/mol. The molecule has 0 radical (unpaired) electrons. The van der Waals surface area contributed by atoms with Gasteiger partial charge in [0.05, 0.1) is 13.7 Å². The zero-order valence-corrected chi connectivity index (χ0v) is 15.9. The second-order valence-corrected chi connectivity index (χ2v) is 6.66. The zero-order chi connectivity index (χ0) is 19.9. The van der Waals surface area contributed by atoms with Gasteiger partial charge in [0, 0.05) is 43.9 Å². The molecule has 1 N–H and O–H groups in total. The Kier molecular flexibility index (Phi) is 6.60. The van der Waals surface area contributed by atoms with Crippen LogP contribution in [0.5, 0.6) is 5.75 Å². The number of nitrogens with zero attached hydrogens (tertiary/aromatic N) is 2. The van der Waals surface area contributed by atoms with E-state index in [0.717, 1.165) is 5.56 Å². The number of hydrogen-bond acceptors (Lipinski definition) is 4. The number of ether oxygens (including phenoxy) is 1. The predicted molar refractivity (Wildman–Crippen MR) is 104 cm³/mol. The van der Waals surface area contributed by atoms with Gasteiger partial charge >= 0.3 is 0 Å². The summed E-state index contributed by atoms with van der Waals surface area (Å²) >= 11 is 0. The lowest BCUT2D eigenvalue weighted by atomic mass is 10.1. The highest BCUT2D eigenvalue weighted by molar-refractivity contribution is 5.96. The molecule has 0 atom stereocenters. The average molecular weight is 385 g/mol. The van der Waals surface area contributed by atoms with E-state index in [9.17, 15) is 14.0 Å². The number of amides is 2. The van der Waals surface area contributed by atoms with E-state index in [1.165, 1.54) is 12.1 Å². The smallest absolute Gasteiger partial charge is 0.251 e. The van der Waals surface area contributed by atoms with Gasteiger partial charge in [-0.2, -0.15) is 0 Å². The molecule has 0 saturated carbocycles. The summed E-state index contributed by atoms with van der Waals surface area (Å²) in [5.41, 5.74) is 1.32. The normalized spacial score (nSPS) is 14.6. The molecule has 0 unspecified atom stereocenters. The van der Waals surface area contributed by atoms with E-state index < -0.39 is 0 Å². The third-order valence-electron chi connectivity index (χ3n) is 4.80. The molecule has 1 aliphatic rings. The molecule has 0 spiro atoms. The zero-order valence-electron chi connectivity index (χ0n) is 15.9. The van der Waals surface area contributed by atoms with E-state index in [0.29, 0.717) is 44.0 Å². The molecule has 0 aliphatic carbocycles. The van der Waals surface area contributed by atoms with E-state index in [1.54, 1.807) is 42.3 Å². The SMILES string of the molecule is COc1ccc(F)cc1CN1CCN(C(=O)CNC(=O)c2ccccc2)CC1. The molecule has 0 aromatic heterocycles. The molecule has 6 nitrogen and oxygen atoms in total. The molecular formula is C21H24FN3O3. The van der Waals surface area contributed by atoms with Crippen LogP contribution in [-0.2, 0) is 11.3 Å². The summed E-state index contributed by atoms with van der Waals surface area (Å²) in [7, 11) is 1.57. The van der Waals surface area contributed by atoms with Gasteiger partial charge in [-0.15, -0.1) is 0 Å². The number of halogens is 1. The van der Waals surface area contributed by atoms with Crippen molar-refractivity contribution in [3.8, 4) is 5.75 Å². The molecule has 0 bridgehead atoms. The van der Waals surface area contributed by atoms with Crippen molar-refractivity contribution in [1.82, 2.24) is 15.1 Å². The van der Waals surface area contributed by atoms with Crippen LogP contribution in [0.4, 0.5) is 4.39 Å². The van der Waals surface area contributed by atoms with Crippen LogP contribution in [0, 0.1) is 5.82 Å². The standard InChI is InChI=1S/C21H24FN3O3/c1-28-19-8-7-18(22)13-17(19)15-24-9-11-25(12-10-24)20(26)14-23-21(27)16-5-3-2-4-6-16/h2-8,13H,9-12,14-15H2,1H3,(H,23,27). The number of rotatable bonds is 6. The minimum absolute atomic E-state index is 0.0224. The summed E-state index contributed by atoms with van der Waals surface area (Å²) in [5, 5.41) is 2.67. The van der Waals surface area contributed by atoms with Gasteiger partial charge in [-0.05, 0) is 30.3 Å². The highest BCUT2D eigenvalue weighted by Gasteiger charge is 2.22. The lowest BCUT2D eigenvalue weighted by Gasteiger charge is -2.35. The van der Waals surface area contributed by atoms with Crippen LogP contribution in [0.15, 0.2) is 48.5 Å². The van der Waals surface area contributed by atoms with Crippen molar-refractivity contribution in [1.29, 1.82) is 0 Å². The Hall–Kier alpha value is -2.93. The maximum absolute atomic E-state index is 13.5. The molecule has 2 aromatic carbocycles. The van der Waals surface area contributed by atoms with Crippen molar-refractivity contribution in [2.75, 3.05) is 39.8 Å². The van der Waals surface area contributed by atoms with Gasteiger partial charge in [-0.1, -0.05) is 18.2 Å². The molecule has 1 heterocycles. The summed E-state index contributed by atoms with van der Waals surface area (Å²) < 4.78 is 18.8. The van der Waals surface area contributed by atoms with Gasteiger partial charge in [-0.25, -0.2) is 4.39 Å². The van der Waals surface area contributed by atoms with E-state index in [4.69, 9.17) is 4.74 Å². The summed E-state index contributed by atoms with van der Waals surface area (Å²) in [6.45, 7) is 3.03. The first kappa shape index (κ1) is 19.8. The topological polar surface area (TPSA) is 61.9 Å². The first-order valence-electron chi connectivity index (χ1n) is 9.22. The van der Waals surface area contributed by atoms with E-state index in [2.05, 4.69) is 10.2 Å². The van der Waals surface area contributed by atoms with Gasteiger partial charge in [0.25, 0.3) is 5.91 Å². The number of piperazine rings is 1. The fourth-order valence-electron chi connectivity index (χ4n) is 3.23. The van der Waals surface area contributed by atoms with Gasteiger partial charge in [-0.3, -0.25) is 14.5 Å². The lowest BCUT2D eigenvalue weighted by Crippen LogP contribution is -2.50. The predicted octanol–water partition coefficient (Wildman–Crippen LogP) is 1.91. The van der Waals surface area contributed by atoms with Crippen molar-refractivity contribution < 1.29 is 18.7 Å². The average Bonchev–Trinajstić information content (AvgIpc) is 2.73. The quantitative estimate of drug-likeness (QED) is 0.825. The Morgan fingerprint density at radius 2 is 1.79 bits per heavy atom. The number of benzene rings is 2. The van der Waals surface area contributed by atoms with Crippen molar-refractivity contribution in [3.63, 3.8) is 0 Å². The second kappa shape index (κ2) is 9.32. The van der Waals surface area contributed by atoms with E-state index in [1.807, 2.05) is 6.07 Å². The summed E-state index contributed by atoms with van der Waals surface area (Å²) in [5.74, 6) is 0.000328. The Morgan fingerprint density at radius 1 is 1.07 bits per heavy atom. The maximum Gasteiger partial charge on any atom is 0.251 e. The number of methoxy groups -OCH3 is 1. The highest BCUT2D eigenvalue weighted by Crippen LogP contribution is 2.21. The van der Waals surface area contributed by atoms with Crippen LogP contribution < -0.4 is 10.1 Å². The number of hydrogen-bond donors (Lipinski definition) is 1.